The van der Waals surface area contributed by atoms with Crippen molar-refractivity contribution in [1.82, 2.24) is 4.90 Å². The van der Waals surface area contributed by atoms with Crippen LogP contribution < -0.4 is 5.73 Å². The molecule has 1 fully saturated rings. The third-order valence-electron chi connectivity index (χ3n) is 5.19. The van der Waals surface area contributed by atoms with E-state index in [0.717, 1.165) is 19.3 Å². The molecule has 0 aromatic carbocycles. The number of hydrogen-bond acceptors (Lipinski definition) is 5. The molecule has 1 aliphatic heterocycles. The Kier molecular flexibility index (Phi) is 12.5. The number of oxime groups is 1. The fourth-order valence-corrected chi connectivity index (χ4v) is 3.55. The van der Waals surface area contributed by atoms with E-state index < -0.39 is 23.7 Å². The molecule has 0 aliphatic carbocycles. The van der Waals surface area contributed by atoms with Crippen LogP contribution in [0.25, 0.3) is 0 Å². The lowest BCUT2D eigenvalue weighted by molar-refractivity contribution is -0.148. The van der Waals surface area contributed by atoms with E-state index in [0.29, 0.717) is 25.2 Å². The molecule has 174 valence electrons. The second kappa shape index (κ2) is 14.3. The van der Waals surface area contributed by atoms with Crippen LogP contribution in [0.2, 0.25) is 0 Å². The van der Waals surface area contributed by atoms with E-state index in [1.807, 2.05) is 0 Å². The van der Waals surface area contributed by atoms with Crippen LogP contribution in [0, 0.1) is 0 Å². The van der Waals surface area contributed by atoms with Crippen molar-refractivity contribution in [2.24, 2.45) is 10.9 Å². The SMILES string of the molecule is CCCCCCCCCCCCC(N)=NOC(=O)[C@@H]1CCCN1C(=O)OC(C)(C)C. The molecule has 0 radical (unpaired) electrons. The van der Waals surface area contributed by atoms with Crippen molar-refractivity contribution in [2.45, 2.75) is 123 Å². The Bertz CT molecular complexity index is 543. The van der Waals surface area contributed by atoms with Crippen LogP contribution in [0.3, 0.4) is 0 Å². The zero-order chi connectivity index (χ0) is 22.4. The quantitative estimate of drug-likeness (QED) is 0.138. The number of likely N-dealkylation sites (tertiary alicyclic amines) is 1. The first-order valence-electron chi connectivity index (χ1n) is 11.8. The molecule has 0 aromatic rings. The molecule has 0 spiro atoms. The molecular formula is C23H43N3O4. The van der Waals surface area contributed by atoms with E-state index in [4.69, 9.17) is 15.3 Å². The smallest absolute Gasteiger partial charge is 0.411 e. The lowest BCUT2D eigenvalue weighted by Crippen LogP contribution is -2.43. The van der Waals surface area contributed by atoms with Crippen LogP contribution >= 0.6 is 0 Å². The van der Waals surface area contributed by atoms with Gasteiger partial charge in [-0.1, -0.05) is 69.9 Å². The Labute approximate surface area is 182 Å². The van der Waals surface area contributed by atoms with Crippen LogP contribution in [0.5, 0.6) is 0 Å². The normalized spacial score (nSPS) is 17.3. The predicted molar refractivity (Wildman–Crippen MR) is 120 cm³/mol. The van der Waals surface area contributed by atoms with E-state index in [1.54, 1.807) is 20.8 Å². The summed E-state index contributed by atoms with van der Waals surface area (Å²) in [7, 11) is 0. The molecule has 1 rings (SSSR count). The maximum absolute atomic E-state index is 12.3. The van der Waals surface area contributed by atoms with Gasteiger partial charge in [0.05, 0.1) is 0 Å². The molecule has 7 heteroatoms. The van der Waals surface area contributed by atoms with Gasteiger partial charge in [0.25, 0.3) is 0 Å². The minimum atomic E-state index is -0.659. The van der Waals surface area contributed by atoms with Gasteiger partial charge in [-0.25, -0.2) is 9.59 Å². The second-order valence-corrected chi connectivity index (χ2v) is 9.26. The highest BCUT2D eigenvalue weighted by Gasteiger charge is 2.38. The maximum Gasteiger partial charge on any atom is 0.411 e. The highest BCUT2D eigenvalue weighted by atomic mass is 16.7. The molecule has 1 amide bonds. The zero-order valence-electron chi connectivity index (χ0n) is 19.6. The number of ether oxygens (including phenoxy) is 1. The van der Waals surface area contributed by atoms with E-state index >= 15 is 0 Å². The van der Waals surface area contributed by atoms with Crippen molar-refractivity contribution < 1.29 is 19.2 Å². The summed E-state index contributed by atoms with van der Waals surface area (Å²) in [5.41, 5.74) is 5.27. The number of rotatable bonds is 13. The van der Waals surface area contributed by atoms with Gasteiger partial charge in [-0.3, -0.25) is 4.90 Å². The van der Waals surface area contributed by atoms with Crippen molar-refractivity contribution >= 4 is 17.9 Å². The number of hydrogen-bond donors (Lipinski definition) is 1. The molecule has 0 saturated carbocycles. The molecular weight excluding hydrogens is 382 g/mol. The van der Waals surface area contributed by atoms with Crippen LogP contribution in [0.15, 0.2) is 5.16 Å². The van der Waals surface area contributed by atoms with Crippen molar-refractivity contribution in [1.29, 1.82) is 0 Å². The number of carbonyl (C=O) groups excluding carboxylic acids is 2. The summed E-state index contributed by atoms with van der Waals surface area (Å²) in [5.74, 6) is -0.228. The van der Waals surface area contributed by atoms with Gasteiger partial charge in [-0.2, -0.15) is 0 Å². The van der Waals surface area contributed by atoms with Crippen LogP contribution in [0.1, 0.15) is 111 Å². The molecule has 30 heavy (non-hydrogen) atoms. The van der Waals surface area contributed by atoms with Gasteiger partial charge < -0.3 is 15.3 Å². The zero-order valence-corrected chi connectivity index (χ0v) is 19.6. The number of nitrogens with zero attached hydrogens (tertiary/aromatic N) is 2. The van der Waals surface area contributed by atoms with Gasteiger partial charge in [0.1, 0.15) is 17.5 Å². The Hall–Kier alpha value is -1.79. The number of amides is 1. The highest BCUT2D eigenvalue weighted by molar-refractivity contribution is 5.84. The van der Waals surface area contributed by atoms with Crippen LogP contribution in [0.4, 0.5) is 4.79 Å². The molecule has 7 nitrogen and oxygen atoms in total. The van der Waals surface area contributed by atoms with Crippen LogP contribution in [-0.4, -0.2) is 41.0 Å². The van der Waals surface area contributed by atoms with Gasteiger partial charge in [0.2, 0.25) is 0 Å². The van der Waals surface area contributed by atoms with E-state index in [-0.39, 0.29) is 0 Å². The summed E-state index contributed by atoms with van der Waals surface area (Å²) >= 11 is 0. The molecule has 1 atom stereocenters. The fraction of sp³-hybridized carbons (Fsp3) is 0.870. The molecule has 0 bridgehead atoms. The first-order chi connectivity index (χ1) is 14.2. The Morgan fingerprint density at radius 1 is 1.00 bits per heavy atom. The minimum absolute atomic E-state index is 0.324. The molecule has 0 unspecified atom stereocenters. The van der Waals surface area contributed by atoms with Crippen LogP contribution in [-0.2, 0) is 14.4 Å². The summed E-state index contributed by atoms with van der Waals surface area (Å²) in [6.07, 6.45) is 13.9. The Morgan fingerprint density at radius 3 is 2.13 bits per heavy atom. The van der Waals surface area contributed by atoms with Gasteiger partial charge in [-0.05, 0) is 40.0 Å². The highest BCUT2D eigenvalue weighted by Crippen LogP contribution is 2.22. The average molecular weight is 426 g/mol. The summed E-state index contributed by atoms with van der Waals surface area (Å²) < 4.78 is 5.36. The van der Waals surface area contributed by atoms with Crippen molar-refractivity contribution in [3.05, 3.63) is 0 Å². The molecule has 1 heterocycles. The fourth-order valence-electron chi connectivity index (χ4n) is 3.55. The number of nitrogens with two attached hydrogens (primary N) is 1. The van der Waals surface area contributed by atoms with Gasteiger partial charge in [0.15, 0.2) is 0 Å². The van der Waals surface area contributed by atoms with Gasteiger partial charge in [0, 0.05) is 13.0 Å². The first kappa shape index (κ1) is 26.2. The van der Waals surface area contributed by atoms with Gasteiger partial charge >= 0.3 is 12.1 Å². The molecule has 0 aromatic heterocycles. The summed E-state index contributed by atoms with van der Waals surface area (Å²) in [6, 6.07) is -0.659. The van der Waals surface area contributed by atoms with E-state index in [9.17, 15) is 9.59 Å². The average Bonchev–Trinajstić information content (AvgIpc) is 3.16. The lowest BCUT2D eigenvalue weighted by atomic mass is 10.1. The summed E-state index contributed by atoms with van der Waals surface area (Å²) in [4.78, 5) is 31.0. The third-order valence-corrected chi connectivity index (χ3v) is 5.19. The molecule has 1 saturated heterocycles. The standard InChI is InChI=1S/C23H43N3O4/c1-5-6-7-8-9-10-11-12-13-14-17-20(24)25-30-21(27)19-16-15-18-26(19)22(28)29-23(2,3)4/h19H,5-18H2,1-4H3,(H2,24,25)/t19-/m0/s1. The Balaban J connectivity index is 2.21. The first-order valence-corrected chi connectivity index (χ1v) is 11.8. The number of unbranched alkanes of at least 4 members (excludes halogenated alkanes) is 9. The summed E-state index contributed by atoms with van der Waals surface area (Å²) in [6.45, 7) is 8.11. The van der Waals surface area contributed by atoms with E-state index in [1.165, 1.54) is 56.3 Å². The largest absolute Gasteiger partial charge is 0.444 e. The number of carbonyl (C=O) groups is 2. The van der Waals surface area contributed by atoms with Gasteiger partial charge in [-0.15, -0.1) is 0 Å². The monoisotopic (exact) mass is 425 g/mol. The summed E-state index contributed by atoms with van der Waals surface area (Å²) in [5, 5.41) is 3.78. The van der Waals surface area contributed by atoms with Crippen molar-refractivity contribution in [2.75, 3.05) is 6.54 Å². The predicted octanol–water partition coefficient (Wildman–Crippen LogP) is 5.51. The lowest BCUT2D eigenvalue weighted by Gasteiger charge is -2.27. The second-order valence-electron chi connectivity index (χ2n) is 9.26. The van der Waals surface area contributed by atoms with Crippen molar-refractivity contribution in [3.63, 3.8) is 0 Å². The van der Waals surface area contributed by atoms with E-state index in [2.05, 4.69) is 12.1 Å². The minimum Gasteiger partial charge on any atom is -0.444 e. The topological polar surface area (TPSA) is 94.2 Å². The molecule has 2 N–H and O–H groups in total. The Morgan fingerprint density at radius 2 is 1.57 bits per heavy atom. The maximum atomic E-state index is 12.3. The van der Waals surface area contributed by atoms with Crippen molar-refractivity contribution in [3.8, 4) is 0 Å². The molecule has 1 aliphatic rings. The third kappa shape index (κ3) is 11.4. The number of amidine groups is 1.